The number of carbonyl (C=O) groups is 1. The van der Waals surface area contributed by atoms with Gasteiger partial charge in [-0.3, -0.25) is 9.78 Å². The molecule has 0 bridgehead atoms. The molecule has 0 atom stereocenters. The second-order valence-electron chi connectivity index (χ2n) is 4.25. The van der Waals surface area contributed by atoms with Crippen LogP contribution in [0.3, 0.4) is 0 Å². The molecule has 106 valence electrons. The van der Waals surface area contributed by atoms with Crippen LogP contribution in [0.5, 0.6) is 0 Å². The van der Waals surface area contributed by atoms with E-state index >= 15 is 0 Å². The maximum atomic E-state index is 13.5. The van der Waals surface area contributed by atoms with Crippen molar-refractivity contribution in [2.45, 2.75) is 6.92 Å². The van der Waals surface area contributed by atoms with Gasteiger partial charge >= 0.3 is 0 Å². The van der Waals surface area contributed by atoms with Gasteiger partial charge in [0.2, 0.25) is 0 Å². The van der Waals surface area contributed by atoms with E-state index in [2.05, 4.69) is 22.1 Å². The SMILES string of the molecule is Cc1c(F)cccc1NC(=O)c1ccncc1C#CCO. The number of benzene rings is 1. The Hall–Kier alpha value is -2.71. The quantitative estimate of drug-likeness (QED) is 0.830. The van der Waals surface area contributed by atoms with Gasteiger partial charge < -0.3 is 10.4 Å². The number of nitrogens with zero attached hydrogens (tertiary/aromatic N) is 1. The largest absolute Gasteiger partial charge is 0.384 e. The van der Waals surface area contributed by atoms with E-state index in [-0.39, 0.29) is 12.4 Å². The smallest absolute Gasteiger partial charge is 0.257 e. The standard InChI is InChI=1S/C16H13FN2O2/c1-11-14(17)5-2-6-15(11)19-16(21)13-7-8-18-10-12(13)4-3-9-20/h2,5-8,10,20H,9H2,1H3,(H,19,21). The lowest BCUT2D eigenvalue weighted by atomic mass is 10.1. The van der Waals surface area contributed by atoms with Crippen LogP contribution in [-0.2, 0) is 0 Å². The Morgan fingerprint density at radius 3 is 3.00 bits per heavy atom. The Labute approximate surface area is 121 Å². The third-order valence-electron chi connectivity index (χ3n) is 2.88. The zero-order valence-electron chi connectivity index (χ0n) is 11.4. The number of aliphatic hydroxyl groups is 1. The fraction of sp³-hybridized carbons (Fsp3) is 0.125. The molecule has 0 saturated heterocycles. The molecule has 2 aromatic rings. The van der Waals surface area contributed by atoms with Crippen molar-refractivity contribution < 1.29 is 14.3 Å². The molecule has 21 heavy (non-hydrogen) atoms. The van der Waals surface area contributed by atoms with Crippen LogP contribution in [0.1, 0.15) is 21.5 Å². The molecule has 0 aliphatic carbocycles. The average Bonchev–Trinajstić information content (AvgIpc) is 2.50. The Kier molecular flexibility index (Phi) is 4.64. The second kappa shape index (κ2) is 6.64. The van der Waals surface area contributed by atoms with Crippen LogP contribution >= 0.6 is 0 Å². The topological polar surface area (TPSA) is 62.2 Å². The van der Waals surface area contributed by atoms with Gasteiger partial charge in [-0.25, -0.2) is 4.39 Å². The first-order valence-corrected chi connectivity index (χ1v) is 6.23. The molecule has 2 rings (SSSR count). The molecule has 0 aliphatic rings. The minimum absolute atomic E-state index is 0.307. The number of anilines is 1. The summed E-state index contributed by atoms with van der Waals surface area (Å²) in [6.07, 6.45) is 2.91. The van der Waals surface area contributed by atoms with Crippen LogP contribution in [0.25, 0.3) is 0 Å². The van der Waals surface area contributed by atoms with Crippen molar-refractivity contribution in [3.8, 4) is 11.8 Å². The summed E-state index contributed by atoms with van der Waals surface area (Å²) < 4.78 is 13.5. The Morgan fingerprint density at radius 2 is 2.24 bits per heavy atom. The first-order chi connectivity index (χ1) is 10.1. The minimum atomic E-state index is -0.409. The van der Waals surface area contributed by atoms with Crippen LogP contribution < -0.4 is 5.32 Å². The number of pyridine rings is 1. The summed E-state index contributed by atoms with van der Waals surface area (Å²) in [5.41, 5.74) is 1.48. The maximum absolute atomic E-state index is 13.5. The van der Waals surface area contributed by atoms with E-state index in [1.807, 2.05) is 0 Å². The average molecular weight is 284 g/mol. The van der Waals surface area contributed by atoms with E-state index in [4.69, 9.17) is 5.11 Å². The van der Waals surface area contributed by atoms with Gasteiger partial charge in [0.25, 0.3) is 5.91 Å². The molecule has 1 amide bonds. The molecule has 4 nitrogen and oxygen atoms in total. The van der Waals surface area contributed by atoms with Gasteiger partial charge in [0.05, 0.1) is 11.1 Å². The number of aliphatic hydroxyl groups excluding tert-OH is 1. The van der Waals surface area contributed by atoms with Crippen molar-refractivity contribution in [2.75, 3.05) is 11.9 Å². The number of rotatable bonds is 2. The highest BCUT2D eigenvalue weighted by Crippen LogP contribution is 2.18. The first kappa shape index (κ1) is 14.7. The lowest BCUT2D eigenvalue weighted by molar-refractivity contribution is 0.102. The van der Waals surface area contributed by atoms with E-state index in [0.717, 1.165) is 0 Å². The summed E-state index contributed by atoms with van der Waals surface area (Å²) in [4.78, 5) is 16.2. The molecule has 0 fully saturated rings. The summed E-state index contributed by atoms with van der Waals surface area (Å²) >= 11 is 0. The number of hydrogen-bond donors (Lipinski definition) is 2. The zero-order chi connectivity index (χ0) is 15.2. The molecule has 5 heteroatoms. The lowest BCUT2D eigenvalue weighted by Crippen LogP contribution is -2.15. The molecule has 2 N–H and O–H groups in total. The Morgan fingerprint density at radius 1 is 1.43 bits per heavy atom. The molecule has 0 unspecified atom stereocenters. The van der Waals surface area contributed by atoms with Crippen LogP contribution in [0.2, 0.25) is 0 Å². The summed E-state index contributed by atoms with van der Waals surface area (Å²) in [7, 11) is 0. The van der Waals surface area contributed by atoms with E-state index in [0.29, 0.717) is 22.4 Å². The van der Waals surface area contributed by atoms with Gasteiger partial charge in [0.1, 0.15) is 12.4 Å². The van der Waals surface area contributed by atoms with Crippen molar-refractivity contribution in [1.29, 1.82) is 0 Å². The number of halogens is 1. The van der Waals surface area contributed by atoms with Gasteiger partial charge in [0.15, 0.2) is 0 Å². The van der Waals surface area contributed by atoms with E-state index < -0.39 is 5.91 Å². The van der Waals surface area contributed by atoms with Gasteiger partial charge in [-0.15, -0.1) is 0 Å². The number of aromatic nitrogens is 1. The highest BCUT2D eigenvalue weighted by Gasteiger charge is 2.12. The third-order valence-corrected chi connectivity index (χ3v) is 2.88. The van der Waals surface area contributed by atoms with Gasteiger partial charge in [0, 0.05) is 23.6 Å². The molecule has 0 saturated carbocycles. The molecule has 1 aromatic heterocycles. The third kappa shape index (κ3) is 3.44. The molecular formula is C16H13FN2O2. The van der Waals surface area contributed by atoms with Crippen LogP contribution in [0.15, 0.2) is 36.7 Å². The molecule has 1 heterocycles. The van der Waals surface area contributed by atoms with E-state index in [1.165, 1.54) is 30.6 Å². The number of nitrogens with one attached hydrogen (secondary N) is 1. The zero-order valence-corrected chi connectivity index (χ0v) is 11.4. The Bertz CT molecular complexity index is 733. The van der Waals surface area contributed by atoms with E-state index in [1.54, 1.807) is 13.0 Å². The summed E-state index contributed by atoms with van der Waals surface area (Å²) in [5, 5.41) is 11.4. The number of hydrogen-bond acceptors (Lipinski definition) is 3. The predicted molar refractivity (Wildman–Crippen MR) is 77.3 cm³/mol. The molecule has 0 radical (unpaired) electrons. The summed E-state index contributed by atoms with van der Waals surface area (Å²) in [6.45, 7) is 1.28. The fourth-order valence-electron chi connectivity index (χ4n) is 1.76. The molecule has 0 spiro atoms. The Balaban J connectivity index is 2.31. The minimum Gasteiger partial charge on any atom is -0.384 e. The number of carbonyl (C=O) groups excluding carboxylic acids is 1. The second-order valence-corrected chi connectivity index (χ2v) is 4.25. The van der Waals surface area contributed by atoms with Crippen molar-refractivity contribution >= 4 is 11.6 Å². The highest BCUT2D eigenvalue weighted by atomic mass is 19.1. The van der Waals surface area contributed by atoms with Gasteiger partial charge in [-0.1, -0.05) is 17.9 Å². The van der Waals surface area contributed by atoms with Crippen molar-refractivity contribution in [1.82, 2.24) is 4.98 Å². The van der Waals surface area contributed by atoms with Crippen molar-refractivity contribution in [2.24, 2.45) is 0 Å². The predicted octanol–water partition coefficient (Wildman–Crippen LogP) is 2.13. The number of amides is 1. The highest BCUT2D eigenvalue weighted by molar-refractivity contribution is 6.06. The van der Waals surface area contributed by atoms with Crippen molar-refractivity contribution in [3.63, 3.8) is 0 Å². The van der Waals surface area contributed by atoms with Crippen molar-refractivity contribution in [3.05, 3.63) is 59.2 Å². The molecule has 1 aromatic carbocycles. The normalized spacial score (nSPS) is 9.67. The lowest BCUT2D eigenvalue weighted by Gasteiger charge is -2.09. The van der Waals surface area contributed by atoms with Crippen LogP contribution in [0, 0.1) is 24.6 Å². The molecular weight excluding hydrogens is 271 g/mol. The van der Waals surface area contributed by atoms with E-state index in [9.17, 15) is 9.18 Å². The van der Waals surface area contributed by atoms with Crippen LogP contribution in [0.4, 0.5) is 10.1 Å². The van der Waals surface area contributed by atoms with Crippen LogP contribution in [-0.4, -0.2) is 22.6 Å². The monoisotopic (exact) mass is 284 g/mol. The van der Waals surface area contributed by atoms with Gasteiger partial charge in [-0.2, -0.15) is 0 Å². The fourth-order valence-corrected chi connectivity index (χ4v) is 1.76. The molecule has 0 aliphatic heterocycles. The summed E-state index contributed by atoms with van der Waals surface area (Å²) in [6, 6.07) is 5.99. The maximum Gasteiger partial charge on any atom is 0.257 e. The summed E-state index contributed by atoms with van der Waals surface area (Å²) in [5.74, 6) is 4.33. The first-order valence-electron chi connectivity index (χ1n) is 6.23. The van der Waals surface area contributed by atoms with Gasteiger partial charge in [-0.05, 0) is 25.1 Å².